The summed E-state index contributed by atoms with van der Waals surface area (Å²) in [5, 5.41) is 3.77. The van der Waals surface area contributed by atoms with Gasteiger partial charge in [-0.15, -0.1) is 0 Å². The maximum Gasteiger partial charge on any atom is 0.0426 e. The van der Waals surface area contributed by atoms with Crippen molar-refractivity contribution in [1.82, 2.24) is 15.1 Å². The molecule has 216 valence electrons. The lowest BCUT2D eigenvalue weighted by Gasteiger charge is -2.31. The van der Waals surface area contributed by atoms with Crippen LogP contribution in [-0.2, 0) is 39.0 Å². The second-order valence-electron chi connectivity index (χ2n) is 12.8. The Hall–Kier alpha value is -4.08. The SMILES string of the molecule is c1ccc(CN2CCCC3=C2Cc2ccc(CNCc4ccc5c(c4)C4=C(C5)N(Cc5ccccc5)CCC4)cc23)cc1. The average molecular weight is 564 g/mol. The van der Waals surface area contributed by atoms with Crippen molar-refractivity contribution < 1.29 is 0 Å². The van der Waals surface area contributed by atoms with E-state index in [1.807, 2.05) is 0 Å². The van der Waals surface area contributed by atoms with Gasteiger partial charge in [0.15, 0.2) is 0 Å². The first-order valence-electron chi connectivity index (χ1n) is 16.3. The summed E-state index contributed by atoms with van der Waals surface area (Å²) in [6, 6.07) is 36.3. The van der Waals surface area contributed by atoms with Gasteiger partial charge in [0.05, 0.1) is 0 Å². The first-order chi connectivity index (χ1) is 21.3. The van der Waals surface area contributed by atoms with E-state index < -0.39 is 0 Å². The molecule has 0 amide bonds. The van der Waals surface area contributed by atoms with Gasteiger partial charge in [-0.05, 0) is 93.5 Å². The van der Waals surface area contributed by atoms with E-state index in [9.17, 15) is 0 Å². The Morgan fingerprint density at radius 2 is 0.977 bits per heavy atom. The maximum absolute atomic E-state index is 3.77. The number of fused-ring (bicyclic) bond motifs is 4. The summed E-state index contributed by atoms with van der Waals surface area (Å²) in [7, 11) is 0. The van der Waals surface area contributed by atoms with Crippen LogP contribution in [0, 0.1) is 0 Å². The first kappa shape index (κ1) is 26.5. The van der Waals surface area contributed by atoms with Gasteiger partial charge in [0.25, 0.3) is 0 Å². The monoisotopic (exact) mass is 563 g/mol. The number of benzene rings is 4. The zero-order valence-electron chi connectivity index (χ0n) is 25.1. The van der Waals surface area contributed by atoms with E-state index >= 15 is 0 Å². The Balaban J connectivity index is 0.935. The fourth-order valence-corrected chi connectivity index (χ4v) is 7.86. The molecule has 4 aromatic rings. The van der Waals surface area contributed by atoms with E-state index in [4.69, 9.17) is 0 Å². The molecule has 0 radical (unpaired) electrons. The van der Waals surface area contributed by atoms with Crippen molar-refractivity contribution in [2.45, 2.75) is 64.7 Å². The number of rotatable bonds is 8. The van der Waals surface area contributed by atoms with Gasteiger partial charge in [0.2, 0.25) is 0 Å². The first-order valence-corrected chi connectivity index (χ1v) is 16.3. The van der Waals surface area contributed by atoms with Crippen molar-refractivity contribution in [3.05, 3.63) is 153 Å². The van der Waals surface area contributed by atoms with Crippen LogP contribution in [0.1, 0.15) is 70.2 Å². The van der Waals surface area contributed by atoms with Gasteiger partial charge in [-0.2, -0.15) is 0 Å². The van der Waals surface area contributed by atoms with E-state index in [1.54, 1.807) is 22.5 Å². The normalized spacial score (nSPS) is 17.2. The minimum Gasteiger partial charge on any atom is -0.370 e. The number of hydrogen-bond donors (Lipinski definition) is 1. The number of nitrogens with one attached hydrogen (secondary N) is 1. The molecule has 0 saturated carbocycles. The molecule has 0 aromatic heterocycles. The smallest absolute Gasteiger partial charge is 0.0426 e. The van der Waals surface area contributed by atoms with Crippen LogP contribution >= 0.6 is 0 Å². The molecule has 0 spiro atoms. The number of nitrogens with zero attached hydrogens (tertiary/aromatic N) is 2. The molecule has 0 fully saturated rings. The number of allylic oxidation sites excluding steroid dienone is 4. The molecule has 3 heteroatoms. The lowest BCUT2D eigenvalue weighted by Crippen LogP contribution is -2.27. The van der Waals surface area contributed by atoms with Crippen LogP contribution in [0.25, 0.3) is 11.1 Å². The van der Waals surface area contributed by atoms with Gasteiger partial charge in [-0.25, -0.2) is 0 Å². The summed E-state index contributed by atoms with van der Waals surface area (Å²) in [6.45, 7) is 6.18. The fourth-order valence-electron chi connectivity index (χ4n) is 7.86. The molecule has 2 aliphatic heterocycles. The van der Waals surface area contributed by atoms with Crippen LogP contribution in [0.2, 0.25) is 0 Å². The highest BCUT2D eigenvalue weighted by Gasteiger charge is 2.30. The maximum atomic E-state index is 3.77. The summed E-state index contributed by atoms with van der Waals surface area (Å²) in [4.78, 5) is 5.27. The molecule has 8 rings (SSSR count). The average Bonchev–Trinajstić information content (AvgIpc) is 3.61. The summed E-state index contributed by atoms with van der Waals surface area (Å²) < 4.78 is 0. The zero-order chi connectivity index (χ0) is 28.6. The highest BCUT2D eigenvalue weighted by molar-refractivity contribution is 5.78. The van der Waals surface area contributed by atoms with Crippen LogP contribution in [-0.4, -0.2) is 22.9 Å². The molecule has 0 bridgehead atoms. The molecular weight excluding hydrogens is 522 g/mol. The van der Waals surface area contributed by atoms with E-state index in [2.05, 4.69) is 112 Å². The van der Waals surface area contributed by atoms with Gasteiger partial charge in [-0.1, -0.05) is 84.9 Å². The summed E-state index contributed by atoms with van der Waals surface area (Å²) in [5.74, 6) is 0. The Bertz CT molecular complexity index is 1570. The minimum absolute atomic E-state index is 0.902. The Morgan fingerprint density at radius 1 is 0.512 bits per heavy atom. The van der Waals surface area contributed by atoms with Crippen LogP contribution < -0.4 is 5.32 Å². The van der Waals surface area contributed by atoms with Crippen molar-refractivity contribution >= 4 is 11.1 Å². The van der Waals surface area contributed by atoms with E-state index in [0.29, 0.717) is 0 Å². The second kappa shape index (κ2) is 11.5. The van der Waals surface area contributed by atoms with Crippen LogP contribution in [0.5, 0.6) is 0 Å². The van der Waals surface area contributed by atoms with Crippen LogP contribution in [0.15, 0.2) is 108 Å². The third-order valence-corrected chi connectivity index (χ3v) is 9.98. The molecule has 0 saturated heterocycles. The third-order valence-electron chi connectivity index (χ3n) is 9.98. The topological polar surface area (TPSA) is 18.5 Å². The van der Waals surface area contributed by atoms with Crippen LogP contribution in [0.4, 0.5) is 0 Å². The zero-order valence-corrected chi connectivity index (χ0v) is 25.1. The highest BCUT2D eigenvalue weighted by Crippen LogP contribution is 2.42. The van der Waals surface area contributed by atoms with Gasteiger partial charge in [0.1, 0.15) is 0 Å². The second-order valence-corrected chi connectivity index (χ2v) is 12.8. The fraction of sp³-hybridized carbons (Fsp3) is 0.300. The molecule has 2 aliphatic carbocycles. The molecular formula is C40H41N3. The van der Waals surface area contributed by atoms with Gasteiger partial charge in [-0.3, -0.25) is 0 Å². The Morgan fingerprint density at radius 3 is 1.44 bits per heavy atom. The Labute approximate surface area is 256 Å². The number of hydrogen-bond acceptors (Lipinski definition) is 3. The summed E-state index contributed by atoms with van der Waals surface area (Å²) in [6.07, 6.45) is 7.07. The van der Waals surface area contributed by atoms with Crippen LogP contribution in [0.3, 0.4) is 0 Å². The molecule has 0 atom stereocenters. The lowest BCUT2D eigenvalue weighted by molar-refractivity contribution is 0.317. The lowest BCUT2D eigenvalue weighted by atomic mass is 9.97. The standard InChI is InChI=1S/C40H41N3/c1-3-9-29(10-4-1)27-42-19-7-13-35-37-21-31(15-17-33(37)23-39(35)42)25-41-26-32-16-18-34-24-40-36(38(34)22-32)14-8-20-43(40)28-30-11-5-2-6-12-30/h1-6,9-12,15-18,21-22,41H,7-8,13-14,19-20,23-28H2. The molecule has 0 unspecified atom stereocenters. The van der Waals surface area contributed by atoms with Crippen molar-refractivity contribution in [2.75, 3.05) is 13.1 Å². The largest absolute Gasteiger partial charge is 0.370 e. The quantitative estimate of drug-likeness (QED) is 0.234. The molecule has 3 nitrogen and oxygen atoms in total. The molecule has 2 heterocycles. The van der Waals surface area contributed by atoms with Crippen molar-refractivity contribution in [1.29, 1.82) is 0 Å². The van der Waals surface area contributed by atoms with E-state index in [-0.39, 0.29) is 0 Å². The predicted octanol–water partition coefficient (Wildman–Crippen LogP) is 8.10. The van der Waals surface area contributed by atoms with E-state index in [1.165, 1.54) is 83.3 Å². The molecule has 43 heavy (non-hydrogen) atoms. The molecule has 4 aromatic carbocycles. The van der Waals surface area contributed by atoms with Crippen molar-refractivity contribution in [3.8, 4) is 0 Å². The van der Waals surface area contributed by atoms with Crippen molar-refractivity contribution in [2.24, 2.45) is 0 Å². The molecule has 4 aliphatic rings. The highest BCUT2D eigenvalue weighted by atomic mass is 15.1. The minimum atomic E-state index is 0.902. The molecule has 1 N–H and O–H groups in total. The Kier molecular flexibility index (Phi) is 7.12. The van der Waals surface area contributed by atoms with Crippen molar-refractivity contribution in [3.63, 3.8) is 0 Å². The predicted molar refractivity (Wildman–Crippen MR) is 177 cm³/mol. The summed E-state index contributed by atoms with van der Waals surface area (Å²) >= 11 is 0. The summed E-state index contributed by atoms with van der Waals surface area (Å²) in [5.41, 5.74) is 17.9. The van der Waals surface area contributed by atoms with Gasteiger partial charge < -0.3 is 15.1 Å². The van der Waals surface area contributed by atoms with Gasteiger partial charge >= 0.3 is 0 Å². The third kappa shape index (κ3) is 5.32. The van der Waals surface area contributed by atoms with Gasteiger partial charge in [0, 0.05) is 63.5 Å². The van der Waals surface area contributed by atoms with E-state index in [0.717, 1.165) is 39.0 Å².